The number of thiol groups is 1. The van der Waals surface area contributed by atoms with Gasteiger partial charge in [-0.15, -0.1) is 24.0 Å². The molecule has 0 bridgehead atoms. The molecule has 2 atom stereocenters. The quantitative estimate of drug-likeness (QED) is 0.505. The van der Waals surface area contributed by atoms with Crippen molar-refractivity contribution in [3.05, 3.63) is 11.1 Å². The maximum Gasteiger partial charge on any atom is 0.408 e. The Morgan fingerprint density at radius 2 is 2.23 bits per heavy atom. The topological polar surface area (TPSA) is 110 Å². The van der Waals surface area contributed by atoms with Crippen LogP contribution in [0.25, 0.3) is 0 Å². The Morgan fingerprint density at radius 1 is 1.54 bits per heavy atom. The summed E-state index contributed by atoms with van der Waals surface area (Å²) >= 11 is 5.44. The van der Waals surface area contributed by atoms with Crippen LogP contribution < -0.4 is 15.5 Å². The lowest BCUT2D eigenvalue weighted by Gasteiger charge is -2.22. The van der Waals surface area contributed by atoms with E-state index < -0.39 is 29.2 Å². The van der Waals surface area contributed by atoms with E-state index >= 15 is 0 Å². The highest BCUT2D eigenvalue weighted by atomic mass is 32.1. The second-order valence-electron chi connectivity index (χ2n) is 6.40. The zero-order valence-corrected chi connectivity index (χ0v) is 16.6. The van der Waals surface area contributed by atoms with Gasteiger partial charge in [0.05, 0.1) is 18.8 Å². The first-order valence-electron chi connectivity index (χ1n) is 7.97. The zero-order valence-electron chi connectivity index (χ0n) is 14.9. The summed E-state index contributed by atoms with van der Waals surface area (Å²) in [6.07, 6.45) is -0.768. The van der Waals surface area contributed by atoms with Gasteiger partial charge in [0.1, 0.15) is 11.1 Å². The third-order valence-corrected chi connectivity index (χ3v) is 4.42. The van der Waals surface area contributed by atoms with Gasteiger partial charge in [0.25, 0.3) is 0 Å². The molecule has 0 aliphatic carbocycles. The van der Waals surface area contributed by atoms with E-state index in [1.807, 2.05) is 0 Å². The van der Waals surface area contributed by atoms with E-state index in [9.17, 15) is 14.4 Å². The number of thiazole rings is 1. The summed E-state index contributed by atoms with van der Waals surface area (Å²) in [5, 5.41) is 7.31. The highest BCUT2D eigenvalue weighted by molar-refractivity contribution is 7.81. The van der Waals surface area contributed by atoms with Crippen LogP contribution in [0.1, 0.15) is 39.4 Å². The molecule has 2 N–H and O–H groups in total. The number of rotatable bonds is 5. The first-order chi connectivity index (χ1) is 12.1. The van der Waals surface area contributed by atoms with Gasteiger partial charge in [-0.05, 0) is 27.7 Å². The van der Waals surface area contributed by atoms with Gasteiger partial charge in [-0.25, -0.2) is 14.6 Å². The van der Waals surface area contributed by atoms with Crippen molar-refractivity contribution in [3.63, 3.8) is 0 Å². The van der Waals surface area contributed by atoms with Crippen LogP contribution in [0.2, 0.25) is 0 Å². The molecular weight excluding hydrogens is 380 g/mol. The minimum absolute atomic E-state index is 0.148. The Hall–Kier alpha value is -1.85. The van der Waals surface area contributed by atoms with Gasteiger partial charge >= 0.3 is 12.1 Å². The minimum Gasteiger partial charge on any atom is -0.464 e. The van der Waals surface area contributed by atoms with E-state index in [2.05, 4.69) is 28.2 Å². The molecule has 2 rings (SSSR count). The van der Waals surface area contributed by atoms with Crippen LogP contribution in [-0.2, 0) is 19.1 Å². The van der Waals surface area contributed by atoms with Crippen LogP contribution in [0.15, 0.2) is 5.38 Å². The predicted molar refractivity (Wildman–Crippen MR) is 99.1 cm³/mol. The lowest BCUT2D eigenvalue weighted by Crippen LogP contribution is -2.39. The molecule has 144 valence electrons. The van der Waals surface area contributed by atoms with E-state index in [0.717, 1.165) is 11.3 Å². The monoisotopic (exact) mass is 402 g/mol. The summed E-state index contributed by atoms with van der Waals surface area (Å²) < 4.78 is 10.2. The number of aromatic nitrogens is 1. The fraction of sp³-hybridized carbons (Fsp3) is 0.600. The second kappa shape index (κ2) is 8.23. The smallest absolute Gasteiger partial charge is 0.408 e. The van der Waals surface area contributed by atoms with Crippen LogP contribution in [-0.4, -0.2) is 47.2 Å². The van der Waals surface area contributed by atoms with Crippen molar-refractivity contribution in [2.75, 3.05) is 18.1 Å². The van der Waals surface area contributed by atoms with Crippen molar-refractivity contribution in [2.24, 2.45) is 0 Å². The molecule has 11 heteroatoms. The molecule has 2 heterocycles. The number of nitrogens with zero attached hydrogens (tertiary/aromatic N) is 2. The Kier molecular flexibility index (Phi) is 6.48. The van der Waals surface area contributed by atoms with E-state index in [4.69, 9.17) is 9.47 Å². The molecule has 0 aromatic carbocycles. The lowest BCUT2D eigenvalue weighted by atomic mass is 10.2. The molecule has 1 aromatic rings. The van der Waals surface area contributed by atoms with Crippen molar-refractivity contribution in [3.8, 4) is 0 Å². The standard InChI is InChI=1S/C15H22N4O5S2/c1-5-23-11(21)10(18-14(22)24-15(2,3)4)8-7-26-13(17-8)19-9(20)6-16-12(19)25/h7,10,12,16,25H,5-6H2,1-4H3,(H,18,22). The fourth-order valence-electron chi connectivity index (χ4n) is 2.13. The summed E-state index contributed by atoms with van der Waals surface area (Å²) in [7, 11) is 0. The first kappa shape index (κ1) is 20.5. The molecule has 1 fully saturated rings. The van der Waals surface area contributed by atoms with Crippen molar-refractivity contribution >= 4 is 47.1 Å². The van der Waals surface area contributed by atoms with Crippen LogP contribution in [0.5, 0.6) is 0 Å². The molecule has 1 saturated heterocycles. The molecule has 9 nitrogen and oxygen atoms in total. The molecule has 1 aliphatic heterocycles. The van der Waals surface area contributed by atoms with E-state index in [-0.39, 0.29) is 24.8 Å². The number of hydrogen-bond acceptors (Lipinski definition) is 9. The lowest BCUT2D eigenvalue weighted by molar-refractivity contribution is -0.146. The largest absolute Gasteiger partial charge is 0.464 e. The molecule has 0 radical (unpaired) electrons. The third kappa shape index (κ3) is 5.08. The van der Waals surface area contributed by atoms with Crippen molar-refractivity contribution in [1.82, 2.24) is 15.6 Å². The summed E-state index contributed by atoms with van der Waals surface area (Å²) in [6.45, 7) is 7.11. The van der Waals surface area contributed by atoms with Crippen LogP contribution in [0.4, 0.5) is 9.93 Å². The fourth-order valence-corrected chi connectivity index (χ4v) is 3.43. The second-order valence-corrected chi connectivity index (χ2v) is 7.73. The van der Waals surface area contributed by atoms with Gasteiger partial charge in [-0.2, -0.15) is 0 Å². The van der Waals surface area contributed by atoms with Crippen LogP contribution in [0, 0.1) is 0 Å². The number of esters is 1. The number of carbonyl (C=O) groups is 3. The van der Waals surface area contributed by atoms with Crippen molar-refractivity contribution in [2.45, 2.75) is 44.8 Å². The van der Waals surface area contributed by atoms with E-state index in [0.29, 0.717) is 5.13 Å². The highest BCUT2D eigenvalue weighted by Crippen LogP contribution is 2.28. The van der Waals surface area contributed by atoms with Crippen LogP contribution >= 0.6 is 24.0 Å². The van der Waals surface area contributed by atoms with Crippen molar-refractivity contribution < 1.29 is 23.9 Å². The number of carbonyl (C=O) groups excluding carboxylic acids is 3. The maximum absolute atomic E-state index is 12.3. The summed E-state index contributed by atoms with van der Waals surface area (Å²) in [6, 6.07) is -1.14. The molecule has 26 heavy (non-hydrogen) atoms. The van der Waals surface area contributed by atoms with Gasteiger partial charge < -0.3 is 14.8 Å². The SMILES string of the molecule is CCOC(=O)C(NC(=O)OC(C)(C)C)c1csc(N2C(=O)CNC2S)n1. The number of amides is 2. The van der Waals surface area contributed by atoms with Gasteiger partial charge in [0.15, 0.2) is 11.2 Å². The molecule has 2 amide bonds. The van der Waals surface area contributed by atoms with E-state index in [1.165, 1.54) is 4.90 Å². The zero-order chi connectivity index (χ0) is 19.5. The predicted octanol–water partition coefficient (Wildman–Crippen LogP) is 1.42. The minimum atomic E-state index is -1.14. The molecule has 1 aromatic heterocycles. The van der Waals surface area contributed by atoms with Gasteiger partial charge in [0, 0.05) is 5.38 Å². The normalized spacial score (nSPS) is 18.6. The van der Waals surface area contributed by atoms with Gasteiger partial charge in [-0.1, -0.05) is 0 Å². The Labute approximate surface area is 160 Å². The van der Waals surface area contributed by atoms with Gasteiger partial charge in [0.2, 0.25) is 5.91 Å². The van der Waals surface area contributed by atoms with E-state index in [1.54, 1.807) is 33.1 Å². The third-order valence-electron chi connectivity index (χ3n) is 3.14. The number of ether oxygens (including phenoxy) is 2. The Bertz CT molecular complexity index is 688. The van der Waals surface area contributed by atoms with Crippen molar-refractivity contribution in [1.29, 1.82) is 0 Å². The number of nitrogens with one attached hydrogen (secondary N) is 2. The molecular formula is C15H22N4O5S2. The first-order valence-corrected chi connectivity index (χ1v) is 9.37. The summed E-state index contributed by atoms with van der Waals surface area (Å²) in [5.41, 5.74) is -0.959. The average molecular weight is 402 g/mol. The molecule has 2 unspecified atom stereocenters. The maximum atomic E-state index is 12.3. The molecule has 0 spiro atoms. The van der Waals surface area contributed by atoms with Gasteiger partial charge in [-0.3, -0.25) is 15.0 Å². The Morgan fingerprint density at radius 3 is 2.77 bits per heavy atom. The summed E-state index contributed by atoms with van der Waals surface area (Å²) in [4.78, 5) is 42.0. The average Bonchev–Trinajstić information content (AvgIpc) is 3.10. The molecule has 1 aliphatic rings. The number of hydrogen-bond donors (Lipinski definition) is 3. The highest BCUT2D eigenvalue weighted by Gasteiger charge is 2.34. The van der Waals surface area contributed by atoms with Crippen LogP contribution in [0.3, 0.4) is 0 Å². The number of alkyl carbamates (subject to hydrolysis) is 1. The summed E-state index contributed by atoms with van der Waals surface area (Å²) in [5.74, 6) is -0.845. The molecule has 0 saturated carbocycles. The number of anilines is 1. The Balaban J connectivity index is 2.21.